The third-order valence-corrected chi connectivity index (χ3v) is 6.49. The van der Waals surface area contributed by atoms with E-state index in [9.17, 15) is 0 Å². The van der Waals surface area contributed by atoms with Gasteiger partial charge in [0.2, 0.25) is 0 Å². The van der Waals surface area contributed by atoms with E-state index in [0.29, 0.717) is 11.5 Å². The Kier molecular flexibility index (Phi) is 10.5. The average molecular weight is 340 g/mol. The standard InChI is InChI=1S/C18H33NO.2C2H6/c1-3-15-5-7-16(8-6-15)19-11-9-18(10-12-19)13-17(14-18)20-4-2;2*1-2/h15-17H,3-14H2,1-2H3;2*1-2H3. The highest BCUT2D eigenvalue weighted by molar-refractivity contribution is 4.99. The Labute approximate surface area is 152 Å². The lowest BCUT2D eigenvalue weighted by Gasteiger charge is -2.53. The molecule has 3 rings (SSSR count). The molecule has 2 nitrogen and oxygen atoms in total. The number of piperidine rings is 1. The number of ether oxygens (including phenoxy) is 1. The van der Waals surface area contributed by atoms with Gasteiger partial charge in [-0.2, -0.15) is 0 Å². The van der Waals surface area contributed by atoms with E-state index in [4.69, 9.17) is 4.74 Å². The smallest absolute Gasteiger partial charge is 0.0585 e. The molecule has 0 bridgehead atoms. The first kappa shape index (κ1) is 22.0. The highest BCUT2D eigenvalue weighted by atomic mass is 16.5. The fraction of sp³-hybridized carbons (Fsp3) is 1.00. The molecule has 1 saturated heterocycles. The molecule has 0 aromatic heterocycles. The third kappa shape index (κ3) is 5.73. The normalized spacial score (nSPS) is 29.8. The van der Waals surface area contributed by atoms with E-state index < -0.39 is 0 Å². The summed E-state index contributed by atoms with van der Waals surface area (Å²) in [4.78, 5) is 2.82. The molecule has 0 radical (unpaired) electrons. The summed E-state index contributed by atoms with van der Waals surface area (Å²) >= 11 is 0. The van der Waals surface area contributed by atoms with Crippen LogP contribution in [0.25, 0.3) is 0 Å². The first-order valence-corrected chi connectivity index (χ1v) is 11.1. The Bertz CT molecular complexity index is 293. The van der Waals surface area contributed by atoms with Gasteiger partial charge < -0.3 is 9.64 Å². The van der Waals surface area contributed by atoms with Crippen LogP contribution < -0.4 is 0 Å². The van der Waals surface area contributed by atoms with Gasteiger partial charge in [0.25, 0.3) is 0 Å². The van der Waals surface area contributed by atoms with Crippen LogP contribution in [0.3, 0.4) is 0 Å². The summed E-state index contributed by atoms with van der Waals surface area (Å²) in [5, 5.41) is 0. The maximum atomic E-state index is 5.76. The third-order valence-electron chi connectivity index (χ3n) is 6.49. The van der Waals surface area contributed by atoms with Crippen LogP contribution in [0.15, 0.2) is 0 Å². The minimum Gasteiger partial charge on any atom is -0.378 e. The van der Waals surface area contributed by atoms with Gasteiger partial charge >= 0.3 is 0 Å². The first-order valence-electron chi connectivity index (χ1n) is 11.1. The first-order chi connectivity index (χ1) is 11.7. The monoisotopic (exact) mass is 339 g/mol. The van der Waals surface area contributed by atoms with Crippen molar-refractivity contribution in [3.8, 4) is 0 Å². The van der Waals surface area contributed by atoms with Crippen molar-refractivity contribution in [2.24, 2.45) is 11.3 Å². The molecular formula is C22H45NO. The molecule has 0 aromatic rings. The number of hydrogen-bond acceptors (Lipinski definition) is 2. The van der Waals surface area contributed by atoms with Crippen molar-refractivity contribution in [2.75, 3.05) is 19.7 Å². The van der Waals surface area contributed by atoms with E-state index in [1.165, 1.54) is 70.9 Å². The van der Waals surface area contributed by atoms with Crippen LogP contribution in [0.4, 0.5) is 0 Å². The van der Waals surface area contributed by atoms with Gasteiger partial charge in [-0.1, -0.05) is 41.0 Å². The molecular weight excluding hydrogens is 294 g/mol. The Morgan fingerprint density at radius 1 is 0.875 bits per heavy atom. The Morgan fingerprint density at radius 3 is 1.88 bits per heavy atom. The van der Waals surface area contributed by atoms with E-state index in [1.807, 2.05) is 27.7 Å². The zero-order valence-electron chi connectivity index (χ0n) is 17.6. The minimum absolute atomic E-state index is 0.589. The summed E-state index contributed by atoms with van der Waals surface area (Å²) in [6.45, 7) is 16.1. The van der Waals surface area contributed by atoms with Gasteiger partial charge in [-0.05, 0) is 82.7 Å². The lowest BCUT2D eigenvalue weighted by molar-refractivity contribution is -0.106. The summed E-state index contributed by atoms with van der Waals surface area (Å²) in [7, 11) is 0. The van der Waals surface area contributed by atoms with Crippen LogP contribution in [0.1, 0.15) is 99.3 Å². The van der Waals surface area contributed by atoms with Crippen LogP contribution in [-0.4, -0.2) is 36.7 Å². The number of likely N-dealkylation sites (tertiary alicyclic amines) is 1. The molecule has 0 N–H and O–H groups in total. The summed E-state index contributed by atoms with van der Waals surface area (Å²) in [5.74, 6) is 1.03. The molecule has 1 aliphatic heterocycles. The fourth-order valence-electron chi connectivity index (χ4n) is 4.95. The van der Waals surface area contributed by atoms with Gasteiger partial charge in [0.1, 0.15) is 0 Å². The van der Waals surface area contributed by atoms with Crippen molar-refractivity contribution in [3.05, 3.63) is 0 Å². The van der Waals surface area contributed by atoms with E-state index >= 15 is 0 Å². The summed E-state index contributed by atoms with van der Waals surface area (Å²) in [6, 6.07) is 0.915. The van der Waals surface area contributed by atoms with Crippen LogP contribution in [0.2, 0.25) is 0 Å². The van der Waals surface area contributed by atoms with Gasteiger partial charge in [0, 0.05) is 12.6 Å². The second kappa shape index (κ2) is 11.5. The van der Waals surface area contributed by atoms with Gasteiger partial charge in [0.15, 0.2) is 0 Å². The van der Waals surface area contributed by atoms with E-state index in [0.717, 1.165) is 18.6 Å². The van der Waals surface area contributed by atoms with Crippen molar-refractivity contribution in [3.63, 3.8) is 0 Å². The average Bonchev–Trinajstić information content (AvgIpc) is 2.65. The van der Waals surface area contributed by atoms with E-state index in [2.05, 4.69) is 18.7 Å². The van der Waals surface area contributed by atoms with E-state index in [1.54, 1.807) is 0 Å². The molecule has 24 heavy (non-hydrogen) atoms. The number of nitrogens with zero attached hydrogens (tertiary/aromatic N) is 1. The van der Waals surface area contributed by atoms with Crippen molar-refractivity contribution in [2.45, 2.75) is 111 Å². The molecule has 1 heterocycles. The van der Waals surface area contributed by atoms with E-state index in [-0.39, 0.29) is 0 Å². The number of hydrogen-bond donors (Lipinski definition) is 0. The van der Waals surface area contributed by atoms with Crippen molar-refractivity contribution in [1.82, 2.24) is 4.90 Å². The summed E-state index contributed by atoms with van der Waals surface area (Å²) < 4.78 is 5.76. The molecule has 1 spiro atoms. The van der Waals surface area contributed by atoms with Gasteiger partial charge in [0.05, 0.1) is 6.10 Å². The minimum atomic E-state index is 0.589. The Hall–Kier alpha value is -0.0800. The maximum Gasteiger partial charge on any atom is 0.0585 e. The highest BCUT2D eigenvalue weighted by Gasteiger charge is 2.46. The van der Waals surface area contributed by atoms with Crippen LogP contribution >= 0.6 is 0 Å². The lowest BCUT2D eigenvalue weighted by Crippen LogP contribution is -2.52. The molecule has 2 saturated carbocycles. The van der Waals surface area contributed by atoms with Crippen molar-refractivity contribution < 1.29 is 4.74 Å². The largest absolute Gasteiger partial charge is 0.378 e. The second-order valence-electron chi connectivity index (χ2n) is 7.60. The molecule has 2 aliphatic carbocycles. The molecule has 144 valence electrons. The van der Waals surface area contributed by atoms with Gasteiger partial charge in [-0.15, -0.1) is 0 Å². The Balaban J connectivity index is 0.000000671. The van der Waals surface area contributed by atoms with Crippen molar-refractivity contribution in [1.29, 1.82) is 0 Å². The summed E-state index contributed by atoms with van der Waals surface area (Å²) in [5.41, 5.74) is 0.678. The molecule has 0 amide bonds. The quantitative estimate of drug-likeness (QED) is 0.597. The molecule has 3 fully saturated rings. The number of rotatable bonds is 4. The van der Waals surface area contributed by atoms with Crippen LogP contribution in [-0.2, 0) is 4.74 Å². The SMILES string of the molecule is CC.CC.CCOC1CC2(CCN(C3CCC(CC)CC3)CC2)C1. The fourth-order valence-corrected chi connectivity index (χ4v) is 4.95. The predicted molar refractivity (Wildman–Crippen MR) is 107 cm³/mol. The topological polar surface area (TPSA) is 12.5 Å². The summed E-state index contributed by atoms with van der Waals surface area (Å²) in [6.07, 6.45) is 13.4. The highest BCUT2D eigenvalue weighted by Crippen LogP contribution is 2.50. The molecule has 2 heteroatoms. The van der Waals surface area contributed by atoms with Crippen molar-refractivity contribution >= 4 is 0 Å². The molecule has 0 atom stereocenters. The van der Waals surface area contributed by atoms with Gasteiger partial charge in [-0.3, -0.25) is 0 Å². The lowest BCUT2D eigenvalue weighted by atomic mass is 9.61. The predicted octanol–water partition coefficient (Wildman–Crippen LogP) is 6.29. The van der Waals surface area contributed by atoms with Gasteiger partial charge in [-0.25, -0.2) is 0 Å². The second-order valence-corrected chi connectivity index (χ2v) is 7.60. The maximum absolute atomic E-state index is 5.76. The molecule has 0 unspecified atom stereocenters. The zero-order chi connectivity index (χ0) is 18.0. The van der Waals surface area contributed by atoms with Crippen LogP contribution in [0, 0.1) is 11.3 Å². The zero-order valence-corrected chi connectivity index (χ0v) is 17.6. The molecule has 3 aliphatic rings. The Morgan fingerprint density at radius 2 is 1.42 bits per heavy atom. The van der Waals surface area contributed by atoms with Crippen LogP contribution in [0.5, 0.6) is 0 Å². The molecule has 0 aromatic carbocycles.